The first kappa shape index (κ1) is 26.8. The van der Waals surface area contributed by atoms with E-state index in [1.165, 1.54) is 25.2 Å². The lowest BCUT2D eigenvalue weighted by atomic mass is 9.60. The molecule has 2 aromatic rings. The number of anilines is 1. The number of carbonyl (C=O) groups is 3. The Bertz CT molecular complexity index is 1130. The average Bonchev–Trinajstić information content (AvgIpc) is 3.44. The monoisotopic (exact) mass is 508 g/mol. The molecule has 2 unspecified atom stereocenters. The van der Waals surface area contributed by atoms with Gasteiger partial charge in [0.25, 0.3) is 11.8 Å². The molecule has 0 saturated heterocycles. The summed E-state index contributed by atoms with van der Waals surface area (Å²) in [5.41, 5.74) is 4.69. The van der Waals surface area contributed by atoms with Gasteiger partial charge in [-0.2, -0.15) is 0 Å². The third-order valence-corrected chi connectivity index (χ3v) is 8.21. The van der Waals surface area contributed by atoms with Crippen molar-refractivity contribution in [1.29, 1.82) is 0 Å². The number of hydroxylamine groups is 1. The molecule has 6 N–H and O–H groups in total. The van der Waals surface area contributed by atoms with Gasteiger partial charge in [-0.3, -0.25) is 19.6 Å². The number of nitrogens with one attached hydrogen (secondary N) is 4. The number of fused-ring (bicyclic) bond motifs is 1. The summed E-state index contributed by atoms with van der Waals surface area (Å²) in [7, 11) is 0. The van der Waals surface area contributed by atoms with E-state index in [-0.39, 0.29) is 12.5 Å². The molecule has 2 aromatic carbocycles. The van der Waals surface area contributed by atoms with Crippen LogP contribution in [0.3, 0.4) is 0 Å². The summed E-state index contributed by atoms with van der Waals surface area (Å²) in [5, 5.41) is 27.1. The van der Waals surface area contributed by atoms with Crippen LogP contribution < -0.4 is 21.4 Å². The van der Waals surface area contributed by atoms with Crippen molar-refractivity contribution in [2.24, 2.45) is 23.2 Å². The molecule has 2 bridgehead atoms. The Morgan fingerprint density at radius 1 is 1.00 bits per heavy atom. The van der Waals surface area contributed by atoms with Crippen molar-refractivity contribution in [3.63, 3.8) is 0 Å². The van der Waals surface area contributed by atoms with Gasteiger partial charge in [-0.05, 0) is 84.9 Å². The first-order valence-corrected chi connectivity index (χ1v) is 12.7. The molecule has 5 rings (SSSR count). The highest BCUT2D eigenvalue weighted by Crippen LogP contribution is 2.64. The van der Waals surface area contributed by atoms with Gasteiger partial charge >= 0.3 is 0 Å². The van der Waals surface area contributed by atoms with Crippen molar-refractivity contribution < 1.29 is 24.7 Å². The van der Waals surface area contributed by atoms with Crippen molar-refractivity contribution in [3.05, 3.63) is 54.1 Å². The van der Waals surface area contributed by atoms with Gasteiger partial charge < -0.3 is 21.1 Å². The zero-order chi connectivity index (χ0) is 26.7. The van der Waals surface area contributed by atoms with Gasteiger partial charge in [0, 0.05) is 11.3 Å². The van der Waals surface area contributed by atoms with Crippen molar-refractivity contribution in [1.82, 2.24) is 16.1 Å². The predicted octanol–water partition coefficient (Wildman–Crippen LogP) is 2.55. The molecule has 3 aliphatic rings. The summed E-state index contributed by atoms with van der Waals surface area (Å²) in [6, 6.07) is 12.9. The number of aliphatic hydroxyl groups is 1. The molecule has 0 aromatic heterocycles. The van der Waals surface area contributed by atoms with E-state index >= 15 is 0 Å². The van der Waals surface area contributed by atoms with E-state index in [9.17, 15) is 19.5 Å². The van der Waals surface area contributed by atoms with Crippen LogP contribution in [0.15, 0.2) is 48.5 Å². The average molecular weight is 509 g/mol. The SMILES string of the molecule is C[C@@H](O)[C@H](NC(=O)c1ccc(-c2ccc(NC(=O)CNC[C@@H]3CC4CC3C4(C)C)cc2)cc1)C(=O)NO. The Morgan fingerprint density at radius 2 is 1.62 bits per heavy atom. The number of amides is 3. The summed E-state index contributed by atoms with van der Waals surface area (Å²) < 4.78 is 0. The predicted molar refractivity (Wildman–Crippen MR) is 140 cm³/mol. The number of rotatable bonds is 10. The summed E-state index contributed by atoms with van der Waals surface area (Å²) in [4.78, 5) is 36.4. The number of hydrogen-bond acceptors (Lipinski definition) is 6. The minimum atomic E-state index is -1.28. The molecule has 3 aliphatic carbocycles. The first-order chi connectivity index (χ1) is 17.6. The van der Waals surface area contributed by atoms with Crippen LogP contribution in [0.4, 0.5) is 5.69 Å². The molecule has 3 amide bonds. The third-order valence-electron chi connectivity index (χ3n) is 8.21. The molecule has 0 heterocycles. The molecular weight excluding hydrogens is 472 g/mol. The Balaban J connectivity index is 1.26. The zero-order valence-electron chi connectivity index (χ0n) is 21.5. The second kappa shape index (κ2) is 11.0. The highest BCUT2D eigenvalue weighted by atomic mass is 16.5. The fourth-order valence-electron chi connectivity index (χ4n) is 5.85. The lowest BCUT2D eigenvalue weighted by Gasteiger charge is -2.45. The molecule has 37 heavy (non-hydrogen) atoms. The Kier molecular flexibility index (Phi) is 7.96. The van der Waals surface area contributed by atoms with Gasteiger partial charge in [-0.25, -0.2) is 5.48 Å². The molecular formula is C28H36N4O5. The smallest absolute Gasteiger partial charge is 0.268 e. The number of aliphatic hydroxyl groups excluding tert-OH is 1. The Hall–Kier alpha value is -3.27. The van der Waals surface area contributed by atoms with Crippen LogP contribution in [0.5, 0.6) is 0 Å². The summed E-state index contributed by atoms with van der Waals surface area (Å²) in [6.45, 7) is 7.24. The topological polar surface area (TPSA) is 140 Å². The molecule has 3 saturated carbocycles. The van der Waals surface area contributed by atoms with E-state index in [0.29, 0.717) is 22.6 Å². The van der Waals surface area contributed by atoms with Gasteiger partial charge in [-0.1, -0.05) is 38.1 Å². The molecule has 0 radical (unpaired) electrons. The molecule has 0 aliphatic heterocycles. The molecule has 9 nitrogen and oxygen atoms in total. The van der Waals surface area contributed by atoms with Gasteiger partial charge in [0.1, 0.15) is 6.04 Å². The molecule has 5 atom stereocenters. The van der Waals surface area contributed by atoms with Crippen LogP contribution in [0.25, 0.3) is 11.1 Å². The van der Waals surface area contributed by atoms with Gasteiger partial charge in [0.15, 0.2) is 0 Å². The second-order valence-corrected chi connectivity index (χ2v) is 10.9. The van der Waals surface area contributed by atoms with Gasteiger partial charge in [0.2, 0.25) is 5.91 Å². The number of benzene rings is 2. The molecule has 3 fully saturated rings. The number of hydrogen-bond donors (Lipinski definition) is 6. The van der Waals surface area contributed by atoms with Crippen molar-refractivity contribution in [2.45, 2.75) is 45.8 Å². The van der Waals surface area contributed by atoms with E-state index in [2.05, 4.69) is 29.8 Å². The molecule has 9 heteroatoms. The minimum absolute atomic E-state index is 0.0712. The minimum Gasteiger partial charge on any atom is -0.391 e. The third kappa shape index (κ3) is 5.84. The van der Waals surface area contributed by atoms with Crippen molar-refractivity contribution in [3.8, 4) is 11.1 Å². The maximum absolute atomic E-state index is 12.4. The van der Waals surface area contributed by atoms with E-state index in [0.717, 1.165) is 29.5 Å². The normalized spacial score (nSPS) is 22.9. The van der Waals surface area contributed by atoms with Crippen LogP contribution in [-0.4, -0.2) is 53.3 Å². The van der Waals surface area contributed by atoms with Crippen LogP contribution >= 0.6 is 0 Å². The second-order valence-electron chi connectivity index (χ2n) is 10.9. The quantitative estimate of drug-likeness (QED) is 0.215. The standard InChI is InChI=1S/C28H36N4O5/c1-16(33)25(27(36)32-37)31-26(35)19-6-4-17(5-7-19)18-8-10-22(11-9-18)30-24(34)15-29-14-20-12-21-13-23(20)28(21,2)3/h4-11,16,20-21,23,25,29,33,37H,12-15H2,1-3H3,(H,30,34)(H,31,35)(H,32,36)/t16-,20+,21?,23?,25+/m1/s1. The summed E-state index contributed by atoms with van der Waals surface area (Å²) in [5.74, 6) is 0.756. The molecule has 0 spiro atoms. The van der Waals surface area contributed by atoms with E-state index < -0.39 is 24.0 Å². The number of carbonyl (C=O) groups excluding carboxylic acids is 3. The largest absolute Gasteiger partial charge is 0.391 e. The maximum Gasteiger partial charge on any atom is 0.268 e. The summed E-state index contributed by atoms with van der Waals surface area (Å²) >= 11 is 0. The fourth-order valence-corrected chi connectivity index (χ4v) is 5.85. The van der Waals surface area contributed by atoms with E-state index in [1.807, 2.05) is 24.3 Å². The van der Waals surface area contributed by atoms with Crippen LogP contribution in [-0.2, 0) is 9.59 Å². The highest BCUT2D eigenvalue weighted by Gasteiger charge is 2.57. The fraction of sp³-hybridized carbons (Fsp3) is 0.464. The van der Waals surface area contributed by atoms with Crippen molar-refractivity contribution in [2.75, 3.05) is 18.4 Å². The summed E-state index contributed by atoms with van der Waals surface area (Å²) in [6.07, 6.45) is 1.42. The van der Waals surface area contributed by atoms with E-state index in [4.69, 9.17) is 5.21 Å². The lowest BCUT2D eigenvalue weighted by Crippen LogP contribution is -2.51. The van der Waals surface area contributed by atoms with Gasteiger partial charge in [-0.15, -0.1) is 0 Å². The zero-order valence-corrected chi connectivity index (χ0v) is 21.5. The van der Waals surface area contributed by atoms with Crippen LogP contribution in [0.2, 0.25) is 0 Å². The molecule has 198 valence electrons. The van der Waals surface area contributed by atoms with Crippen LogP contribution in [0.1, 0.15) is 44.0 Å². The Labute approximate surface area is 217 Å². The maximum atomic E-state index is 12.4. The lowest BCUT2D eigenvalue weighted by molar-refractivity contribution is -0.133. The van der Waals surface area contributed by atoms with Crippen molar-refractivity contribution >= 4 is 23.4 Å². The highest BCUT2D eigenvalue weighted by molar-refractivity contribution is 5.98. The first-order valence-electron chi connectivity index (χ1n) is 12.7. The van der Waals surface area contributed by atoms with E-state index in [1.54, 1.807) is 24.3 Å². The van der Waals surface area contributed by atoms with Gasteiger partial charge in [0.05, 0.1) is 12.6 Å². The Morgan fingerprint density at radius 3 is 2.14 bits per heavy atom. The van der Waals surface area contributed by atoms with Crippen LogP contribution in [0, 0.1) is 23.2 Å².